The summed E-state index contributed by atoms with van der Waals surface area (Å²) in [7, 11) is 3.78. The zero-order valence-electron chi connectivity index (χ0n) is 11.4. The SMILES string of the molecule is CN(C)c1ccncc1NC(=O)c1cn(CCN)nn1. The molecule has 8 heteroatoms. The average molecular weight is 275 g/mol. The third kappa shape index (κ3) is 3.09. The van der Waals surface area contributed by atoms with Crippen LogP contribution in [0.3, 0.4) is 0 Å². The van der Waals surface area contributed by atoms with Crippen molar-refractivity contribution in [2.75, 3.05) is 30.9 Å². The lowest BCUT2D eigenvalue weighted by atomic mass is 10.3. The van der Waals surface area contributed by atoms with Crippen molar-refractivity contribution in [3.63, 3.8) is 0 Å². The molecular formula is C12H17N7O. The Morgan fingerprint density at radius 3 is 3.00 bits per heavy atom. The van der Waals surface area contributed by atoms with Gasteiger partial charge in [-0.2, -0.15) is 0 Å². The molecule has 0 spiro atoms. The summed E-state index contributed by atoms with van der Waals surface area (Å²) in [6, 6.07) is 1.82. The van der Waals surface area contributed by atoms with Crippen LogP contribution in [0.2, 0.25) is 0 Å². The minimum atomic E-state index is -0.329. The summed E-state index contributed by atoms with van der Waals surface area (Å²) in [5.74, 6) is -0.329. The number of amides is 1. The number of nitrogens with two attached hydrogens (primary N) is 1. The molecule has 2 aromatic heterocycles. The Hall–Kier alpha value is -2.48. The summed E-state index contributed by atoms with van der Waals surface area (Å²) in [6.07, 6.45) is 4.83. The largest absolute Gasteiger partial charge is 0.376 e. The normalized spacial score (nSPS) is 10.3. The van der Waals surface area contributed by atoms with E-state index in [0.29, 0.717) is 18.8 Å². The van der Waals surface area contributed by atoms with Crippen molar-refractivity contribution in [3.8, 4) is 0 Å². The van der Waals surface area contributed by atoms with Gasteiger partial charge in [-0.25, -0.2) is 0 Å². The highest BCUT2D eigenvalue weighted by atomic mass is 16.2. The summed E-state index contributed by atoms with van der Waals surface area (Å²) >= 11 is 0. The van der Waals surface area contributed by atoms with E-state index < -0.39 is 0 Å². The van der Waals surface area contributed by atoms with Gasteiger partial charge < -0.3 is 16.0 Å². The number of aromatic nitrogens is 4. The summed E-state index contributed by atoms with van der Waals surface area (Å²) in [6.45, 7) is 0.966. The maximum atomic E-state index is 12.1. The zero-order valence-corrected chi connectivity index (χ0v) is 11.4. The number of hydrogen-bond donors (Lipinski definition) is 2. The maximum absolute atomic E-state index is 12.1. The second kappa shape index (κ2) is 6.11. The molecule has 20 heavy (non-hydrogen) atoms. The van der Waals surface area contributed by atoms with E-state index in [9.17, 15) is 4.79 Å². The second-order valence-corrected chi connectivity index (χ2v) is 4.40. The molecule has 0 fully saturated rings. The van der Waals surface area contributed by atoms with Crippen LogP contribution in [0.5, 0.6) is 0 Å². The number of carbonyl (C=O) groups is 1. The van der Waals surface area contributed by atoms with Gasteiger partial charge in [-0.05, 0) is 6.07 Å². The van der Waals surface area contributed by atoms with E-state index in [-0.39, 0.29) is 11.6 Å². The Morgan fingerprint density at radius 1 is 1.50 bits per heavy atom. The first kappa shape index (κ1) is 13.9. The monoisotopic (exact) mass is 275 g/mol. The molecule has 3 N–H and O–H groups in total. The molecule has 0 saturated heterocycles. The predicted octanol–water partition coefficient (Wildman–Crippen LogP) is -0.0499. The van der Waals surface area contributed by atoms with Crippen LogP contribution in [0.15, 0.2) is 24.7 Å². The van der Waals surface area contributed by atoms with Gasteiger partial charge in [0.1, 0.15) is 0 Å². The first-order valence-electron chi connectivity index (χ1n) is 6.14. The van der Waals surface area contributed by atoms with Crippen molar-refractivity contribution in [1.29, 1.82) is 0 Å². The Labute approximate surface area is 116 Å². The minimum absolute atomic E-state index is 0.243. The molecule has 2 rings (SSSR count). The van der Waals surface area contributed by atoms with Gasteiger partial charge in [0, 0.05) is 26.8 Å². The van der Waals surface area contributed by atoms with E-state index in [0.717, 1.165) is 5.69 Å². The first-order chi connectivity index (χ1) is 9.61. The molecule has 2 heterocycles. The van der Waals surface area contributed by atoms with E-state index in [4.69, 9.17) is 5.73 Å². The Balaban J connectivity index is 2.15. The van der Waals surface area contributed by atoms with Gasteiger partial charge in [-0.3, -0.25) is 14.5 Å². The number of nitrogens with one attached hydrogen (secondary N) is 1. The molecule has 8 nitrogen and oxygen atoms in total. The third-order valence-corrected chi connectivity index (χ3v) is 2.66. The van der Waals surface area contributed by atoms with Crippen LogP contribution in [0.1, 0.15) is 10.5 Å². The molecule has 0 bridgehead atoms. The Kier molecular flexibility index (Phi) is 4.26. The predicted molar refractivity (Wildman–Crippen MR) is 75.6 cm³/mol. The van der Waals surface area contributed by atoms with Gasteiger partial charge >= 0.3 is 0 Å². The van der Waals surface area contributed by atoms with Crippen molar-refractivity contribution in [3.05, 3.63) is 30.4 Å². The van der Waals surface area contributed by atoms with Crippen molar-refractivity contribution >= 4 is 17.3 Å². The maximum Gasteiger partial charge on any atom is 0.277 e. The van der Waals surface area contributed by atoms with Crippen molar-refractivity contribution in [2.24, 2.45) is 5.73 Å². The van der Waals surface area contributed by atoms with Crippen molar-refractivity contribution in [1.82, 2.24) is 20.0 Å². The molecule has 0 radical (unpaired) electrons. The van der Waals surface area contributed by atoms with Crippen LogP contribution in [0.25, 0.3) is 0 Å². The fraction of sp³-hybridized carbons (Fsp3) is 0.333. The van der Waals surface area contributed by atoms with Gasteiger partial charge in [-0.15, -0.1) is 5.10 Å². The summed E-state index contributed by atoms with van der Waals surface area (Å²) in [4.78, 5) is 18.0. The topological polar surface area (TPSA) is 102 Å². The average Bonchev–Trinajstić information content (AvgIpc) is 2.88. The van der Waals surface area contributed by atoms with E-state index in [1.807, 2.05) is 25.1 Å². The molecule has 0 saturated carbocycles. The summed E-state index contributed by atoms with van der Waals surface area (Å²) in [5, 5.41) is 10.4. The van der Waals surface area contributed by atoms with Crippen molar-refractivity contribution < 1.29 is 4.79 Å². The fourth-order valence-corrected chi connectivity index (χ4v) is 1.70. The molecule has 1 amide bonds. The Morgan fingerprint density at radius 2 is 2.30 bits per heavy atom. The molecule has 0 aromatic carbocycles. The number of pyridine rings is 1. The lowest BCUT2D eigenvalue weighted by Gasteiger charge is -2.16. The molecule has 0 aliphatic carbocycles. The molecule has 0 aliphatic rings. The van der Waals surface area contributed by atoms with Gasteiger partial charge in [0.25, 0.3) is 5.91 Å². The van der Waals surface area contributed by atoms with Gasteiger partial charge in [0.2, 0.25) is 0 Å². The number of anilines is 2. The van der Waals surface area contributed by atoms with Gasteiger partial charge in [-0.1, -0.05) is 5.21 Å². The molecule has 2 aromatic rings. The third-order valence-electron chi connectivity index (χ3n) is 2.66. The summed E-state index contributed by atoms with van der Waals surface area (Å²) < 4.78 is 1.53. The number of rotatable bonds is 5. The zero-order chi connectivity index (χ0) is 14.5. The quantitative estimate of drug-likeness (QED) is 0.793. The van der Waals surface area contributed by atoms with Crippen LogP contribution in [-0.2, 0) is 6.54 Å². The smallest absolute Gasteiger partial charge is 0.277 e. The first-order valence-corrected chi connectivity index (χ1v) is 6.14. The van der Waals surface area contributed by atoms with E-state index in [1.165, 1.54) is 4.68 Å². The number of carbonyl (C=O) groups excluding carboxylic acids is 1. The minimum Gasteiger partial charge on any atom is -0.376 e. The van der Waals surface area contributed by atoms with Gasteiger partial charge in [0.15, 0.2) is 5.69 Å². The van der Waals surface area contributed by atoms with Crippen LogP contribution >= 0.6 is 0 Å². The molecular weight excluding hydrogens is 258 g/mol. The van der Waals surface area contributed by atoms with Crippen LogP contribution in [0.4, 0.5) is 11.4 Å². The number of nitrogens with zero attached hydrogens (tertiary/aromatic N) is 5. The highest BCUT2D eigenvalue weighted by Gasteiger charge is 2.13. The van der Waals surface area contributed by atoms with Gasteiger partial charge in [0.05, 0.1) is 30.3 Å². The van der Waals surface area contributed by atoms with Crippen LogP contribution in [0, 0.1) is 0 Å². The van der Waals surface area contributed by atoms with Crippen LogP contribution in [-0.4, -0.2) is 46.5 Å². The molecule has 0 aliphatic heterocycles. The lowest BCUT2D eigenvalue weighted by molar-refractivity contribution is 0.102. The molecule has 0 unspecified atom stereocenters. The van der Waals surface area contributed by atoms with E-state index in [2.05, 4.69) is 20.6 Å². The summed E-state index contributed by atoms with van der Waals surface area (Å²) in [5.41, 5.74) is 7.15. The highest BCUT2D eigenvalue weighted by molar-refractivity contribution is 6.04. The van der Waals surface area contributed by atoms with E-state index in [1.54, 1.807) is 18.6 Å². The fourth-order valence-electron chi connectivity index (χ4n) is 1.70. The molecule has 106 valence electrons. The van der Waals surface area contributed by atoms with Crippen molar-refractivity contribution in [2.45, 2.75) is 6.54 Å². The van der Waals surface area contributed by atoms with E-state index >= 15 is 0 Å². The Bertz CT molecular complexity index is 593. The number of hydrogen-bond acceptors (Lipinski definition) is 6. The second-order valence-electron chi connectivity index (χ2n) is 4.40. The standard InChI is InChI=1S/C12H17N7O/c1-18(2)11-3-5-14-7-9(11)15-12(20)10-8-19(6-4-13)17-16-10/h3,5,7-8H,4,6,13H2,1-2H3,(H,15,20). The molecule has 0 atom stereocenters. The van der Waals surface area contributed by atoms with Crippen LogP contribution < -0.4 is 16.0 Å². The highest BCUT2D eigenvalue weighted by Crippen LogP contribution is 2.22. The lowest BCUT2D eigenvalue weighted by Crippen LogP contribution is -2.17.